The molecule has 4 heteroatoms. The normalized spacial score (nSPS) is 16.3. The lowest BCUT2D eigenvalue weighted by atomic mass is 10.1. The van der Waals surface area contributed by atoms with Crippen LogP contribution in [-0.2, 0) is 6.42 Å². The number of methoxy groups -OCH3 is 1. The lowest BCUT2D eigenvalue weighted by Gasteiger charge is -2.25. The lowest BCUT2D eigenvalue weighted by Crippen LogP contribution is -2.23. The summed E-state index contributed by atoms with van der Waals surface area (Å²) >= 11 is 2.01. The van der Waals surface area contributed by atoms with E-state index in [0.717, 1.165) is 37.2 Å². The van der Waals surface area contributed by atoms with Crippen molar-refractivity contribution in [3.63, 3.8) is 0 Å². The Morgan fingerprint density at radius 2 is 2.11 bits per heavy atom. The van der Waals surface area contributed by atoms with E-state index in [1.54, 1.807) is 7.11 Å². The molecule has 3 nitrogen and oxygen atoms in total. The highest BCUT2D eigenvalue weighted by Crippen LogP contribution is 2.34. The summed E-state index contributed by atoms with van der Waals surface area (Å²) in [6, 6.07) is 6.11. The van der Waals surface area contributed by atoms with E-state index in [9.17, 15) is 0 Å². The fourth-order valence-corrected chi connectivity index (χ4v) is 3.37. The molecule has 0 aromatic heterocycles. The van der Waals surface area contributed by atoms with Crippen molar-refractivity contribution >= 4 is 11.8 Å². The van der Waals surface area contributed by atoms with Crippen molar-refractivity contribution in [1.29, 1.82) is 0 Å². The molecule has 19 heavy (non-hydrogen) atoms. The second-order valence-electron chi connectivity index (χ2n) is 4.77. The summed E-state index contributed by atoms with van der Waals surface area (Å²) in [5.74, 6) is 4.15. The quantitative estimate of drug-likeness (QED) is 0.871. The fourth-order valence-electron chi connectivity index (χ4n) is 2.31. The van der Waals surface area contributed by atoms with Gasteiger partial charge in [0, 0.05) is 0 Å². The molecule has 0 atom stereocenters. The smallest absolute Gasteiger partial charge is 0.164 e. The molecule has 2 rings (SSSR count). The third-order valence-electron chi connectivity index (χ3n) is 3.38. The monoisotopic (exact) mass is 281 g/mol. The van der Waals surface area contributed by atoms with Gasteiger partial charge in [0.1, 0.15) is 6.10 Å². The molecule has 1 heterocycles. The Morgan fingerprint density at radius 3 is 2.79 bits per heavy atom. The summed E-state index contributed by atoms with van der Waals surface area (Å²) in [6.45, 7) is 0.705. The first-order chi connectivity index (χ1) is 9.35. The molecular formula is C15H23NO2S. The van der Waals surface area contributed by atoms with Crippen LogP contribution in [0.25, 0.3) is 0 Å². The summed E-state index contributed by atoms with van der Waals surface area (Å²) in [5, 5.41) is 0. The molecule has 1 aliphatic heterocycles. The summed E-state index contributed by atoms with van der Waals surface area (Å²) in [5.41, 5.74) is 6.82. The zero-order valence-corrected chi connectivity index (χ0v) is 12.4. The second-order valence-corrected chi connectivity index (χ2v) is 6.00. The van der Waals surface area contributed by atoms with E-state index in [1.807, 2.05) is 23.9 Å². The van der Waals surface area contributed by atoms with Gasteiger partial charge >= 0.3 is 0 Å². The summed E-state index contributed by atoms with van der Waals surface area (Å²) < 4.78 is 11.7. The zero-order chi connectivity index (χ0) is 13.5. The molecule has 1 aliphatic rings. The highest BCUT2D eigenvalue weighted by molar-refractivity contribution is 7.99. The van der Waals surface area contributed by atoms with Gasteiger partial charge in [0.2, 0.25) is 0 Å². The number of aryl methyl sites for hydroxylation is 1. The average molecular weight is 281 g/mol. The van der Waals surface area contributed by atoms with Crippen molar-refractivity contribution < 1.29 is 9.47 Å². The van der Waals surface area contributed by atoms with Crippen molar-refractivity contribution in [2.75, 3.05) is 25.2 Å². The van der Waals surface area contributed by atoms with Crippen molar-refractivity contribution in [3.8, 4) is 11.5 Å². The molecule has 0 unspecified atom stereocenters. The van der Waals surface area contributed by atoms with Crippen molar-refractivity contribution in [2.45, 2.75) is 31.8 Å². The number of rotatable bonds is 6. The summed E-state index contributed by atoms with van der Waals surface area (Å²) in [4.78, 5) is 0. The molecule has 0 bridgehead atoms. The van der Waals surface area contributed by atoms with E-state index in [0.29, 0.717) is 12.6 Å². The zero-order valence-electron chi connectivity index (χ0n) is 11.6. The molecule has 0 radical (unpaired) electrons. The Labute approximate surface area is 119 Å². The van der Waals surface area contributed by atoms with Crippen LogP contribution in [0.3, 0.4) is 0 Å². The van der Waals surface area contributed by atoms with Gasteiger partial charge in [-0.2, -0.15) is 11.8 Å². The number of nitrogens with two attached hydrogens (primary N) is 1. The molecule has 106 valence electrons. The second kappa shape index (κ2) is 7.65. The number of thioether (sulfide) groups is 1. The number of hydrogen-bond acceptors (Lipinski definition) is 4. The summed E-state index contributed by atoms with van der Waals surface area (Å²) in [6.07, 6.45) is 4.50. The number of ether oxygens (including phenoxy) is 2. The summed E-state index contributed by atoms with van der Waals surface area (Å²) in [7, 11) is 1.70. The minimum absolute atomic E-state index is 0.328. The average Bonchev–Trinajstić information content (AvgIpc) is 2.47. The Balaban J connectivity index is 2.14. The molecule has 1 aromatic rings. The fraction of sp³-hybridized carbons (Fsp3) is 0.600. The topological polar surface area (TPSA) is 44.5 Å². The third kappa shape index (κ3) is 4.05. The largest absolute Gasteiger partial charge is 0.493 e. The predicted molar refractivity (Wildman–Crippen MR) is 81.3 cm³/mol. The van der Waals surface area contributed by atoms with Crippen LogP contribution in [-0.4, -0.2) is 31.3 Å². The maximum absolute atomic E-state index is 6.23. The number of benzene rings is 1. The van der Waals surface area contributed by atoms with Gasteiger partial charge in [-0.3, -0.25) is 0 Å². The minimum Gasteiger partial charge on any atom is -0.493 e. The highest BCUT2D eigenvalue weighted by atomic mass is 32.2. The third-order valence-corrected chi connectivity index (χ3v) is 4.43. The van der Waals surface area contributed by atoms with Crippen LogP contribution in [0.2, 0.25) is 0 Å². The Bertz CT molecular complexity index is 392. The van der Waals surface area contributed by atoms with Crippen LogP contribution in [0.4, 0.5) is 0 Å². The van der Waals surface area contributed by atoms with Crippen molar-refractivity contribution in [3.05, 3.63) is 23.8 Å². The van der Waals surface area contributed by atoms with Crippen LogP contribution in [0.5, 0.6) is 11.5 Å². The predicted octanol–water partition coefficient (Wildman–Crippen LogP) is 2.86. The first-order valence-corrected chi connectivity index (χ1v) is 8.11. The molecule has 1 fully saturated rings. The van der Waals surface area contributed by atoms with E-state index in [1.165, 1.54) is 17.1 Å². The van der Waals surface area contributed by atoms with Crippen LogP contribution in [0, 0.1) is 0 Å². The standard InChI is InChI=1S/C15H23NO2S/c1-17-14-6-2-4-12(5-3-9-16)15(14)18-13-7-10-19-11-8-13/h2,4,6,13H,3,5,7-11,16H2,1H3. The van der Waals surface area contributed by atoms with Gasteiger partial charge in [-0.1, -0.05) is 12.1 Å². The Kier molecular flexibility index (Phi) is 5.86. The molecule has 0 spiro atoms. The SMILES string of the molecule is COc1cccc(CCCN)c1OC1CCSCC1. The van der Waals surface area contributed by atoms with Gasteiger partial charge in [0.15, 0.2) is 11.5 Å². The van der Waals surface area contributed by atoms with Crippen LogP contribution in [0.15, 0.2) is 18.2 Å². The van der Waals surface area contributed by atoms with Gasteiger partial charge in [0.05, 0.1) is 7.11 Å². The lowest BCUT2D eigenvalue weighted by molar-refractivity contribution is 0.182. The Hall–Kier alpha value is -0.870. The van der Waals surface area contributed by atoms with Gasteiger partial charge in [-0.15, -0.1) is 0 Å². The molecule has 0 amide bonds. The van der Waals surface area contributed by atoms with Gasteiger partial charge in [0.25, 0.3) is 0 Å². The maximum Gasteiger partial charge on any atom is 0.164 e. The Morgan fingerprint density at radius 1 is 1.32 bits per heavy atom. The van der Waals surface area contributed by atoms with E-state index >= 15 is 0 Å². The van der Waals surface area contributed by atoms with E-state index < -0.39 is 0 Å². The minimum atomic E-state index is 0.328. The molecule has 0 aliphatic carbocycles. The van der Waals surface area contributed by atoms with E-state index in [2.05, 4.69) is 6.07 Å². The molecule has 0 saturated carbocycles. The highest BCUT2D eigenvalue weighted by Gasteiger charge is 2.19. The van der Waals surface area contributed by atoms with Crippen LogP contribution >= 0.6 is 11.8 Å². The van der Waals surface area contributed by atoms with Gasteiger partial charge in [-0.05, 0) is 55.4 Å². The first-order valence-electron chi connectivity index (χ1n) is 6.95. The van der Waals surface area contributed by atoms with Gasteiger partial charge in [-0.25, -0.2) is 0 Å². The number of hydrogen-bond donors (Lipinski definition) is 1. The number of para-hydroxylation sites is 1. The van der Waals surface area contributed by atoms with Crippen molar-refractivity contribution in [2.24, 2.45) is 5.73 Å². The maximum atomic E-state index is 6.23. The van der Waals surface area contributed by atoms with E-state index in [4.69, 9.17) is 15.2 Å². The van der Waals surface area contributed by atoms with Crippen LogP contribution in [0.1, 0.15) is 24.8 Å². The molecular weight excluding hydrogens is 258 g/mol. The van der Waals surface area contributed by atoms with Gasteiger partial charge < -0.3 is 15.2 Å². The first kappa shape index (κ1) is 14.5. The molecule has 1 saturated heterocycles. The van der Waals surface area contributed by atoms with Crippen LogP contribution < -0.4 is 15.2 Å². The molecule has 1 aromatic carbocycles. The van der Waals surface area contributed by atoms with E-state index in [-0.39, 0.29) is 0 Å². The molecule has 2 N–H and O–H groups in total. The van der Waals surface area contributed by atoms with Crippen molar-refractivity contribution in [1.82, 2.24) is 0 Å².